The summed E-state index contributed by atoms with van der Waals surface area (Å²) >= 11 is 0. The Labute approximate surface area is 108 Å². The zero-order chi connectivity index (χ0) is 14.0. The Morgan fingerprint density at radius 3 is 2.89 bits per heavy atom. The first-order valence-corrected chi connectivity index (χ1v) is 5.53. The molecule has 0 aliphatic carbocycles. The van der Waals surface area contributed by atoms with Crippen molar-refractivity contribution in [2.45, 2.75) is 13.0 Å². The monoisotopic (exact) mass is 260 g/mol. The van der Waals surface area contributed by atoms with Crippen molar-refractivity contribution in [3.05, 3.63) is 40.6 Å². The predicted molar refractivity (Wildman–Crippen MR) is 70.4 cm³/mol. The number of hydrogen-bond acceptors (Lipinski definition) is 5. The number of ether oxygens (including phenoxy) is 1. The average molecular weight is 260 g/mol. The van der Waals surface area contributed by atoms with Gasteiger partial charge in [-0.05, 0) is 25.1 Å². The molecule has 1 atom stereocenters. The average Bonchev–Trinajstić information content (AvgIpc) is 2.38. The van der Waals surface area contributed by atoms with E-state index in [9.17, 15) is 10.1 Å². The van der Waals surface area contributed by atoms with Crippen LogP contribution in [0.25, 0.3) is 10.9 Å². The number of non-ortho nitro benzene ring substituents is 1. The molecule has 1 aromatic carbocycles. The molecule has 1 aromatic heterocycles. The standard InChI is InChI=1S/C12H12N4O3/c1-7(12(13)14)19-10-5-4-9(16(17)18)11-8(10)3-2-6-15-11/h2-7H,1H3,(H3,13,14). The summed E-state index contributed by atoms with van der Waals surface area (Å²) < 4.78 is 5.51. The van der Waals surface area contributed by atoms with E-state index in [1.165, 1.54) is 18.3 Å². The van der Waals surface area contributed by atoms with Gasteiger partial charge in [0.25, 0.3) is 5.69 Å². The summed E-state index contributed by atoms with van der Waals surface area (Å²) in [4.78, 5) is 14.4. The number of nitrogens with one attached hydrogen (secondary N) is 1. The topological polar surface area (TPSA) is 115 Å². The summed E-state index contributed by atoms with van der Waals surface area (Å²) in [6.07, 6.45) is 0.873. The summed E-state index contributed by atoms with van der Waals surface area (Å²) in [5.41, 5.74) is 5.51. The van der Waals surface area contributed by atoms with E-state index in [1.807, 2.05) is 0 Å². The largest absolute Gasteiger partial charge is 0.482 e. The molecular weight excluding hydrogens is 248 g/mol. The van der Waals surface area contributed by atoms with Crippen molar-refractivity contribution in [3.63, 3.8) is 0 Å². The van der Waals surface area contributed by atoms with Gasteiger partial charge in [-0.3, -0.25) is 15.5 Å². The van der Waals surface area contributed by atoms with Gasteiger partial charge in [0, 0.05) is 17.6 Å². The molecule has 0 saturated heterocycles. The zero-order valence-corrected chi connectivity index (χ0v) is 10.2. The number of benzene rings is 1. The number of rotatable bonds is 4. The maximum absolute atomic E-state index is 10.9. The van der Waals surface area contributed by atoms with Crippen LogP contribution in [-0.4, -0.2) is 21.8 Å². The third-order valence-electron chi connectivity index (χ3n) is 2.65. The van der Waals surface area contributed by atoms with Crippen LogP contribution in [0.2, 0.25) is 0 Å². The van der Waals surface area contributed by atoms with E-state index >= 15 is 0 Å². The van der Waals surface area contributed by atoms with E-state index in [2.05, 4.69) is 4.98 Å². The SMILES string of the molecule is CC(Oc1ccc([N+](=O)[O-])c2ncccc12)C(=N)N. The second-order valence-electron chi connectivity index (χ2n) is 3.95. The third kappa shape index (κ3) is 2.44. The van der Waals surface area contributed by atoms with Crippen LogP contribution in [0.1, 0.15) is 6.92 Å². The highest BCUT2D eigenvalue weighted by Crippen LogP contribution is 2.31. The van der Waals surface area contributed by atoms with Crippen LogP contribution in [0.15, 0.2) is 30.5 Å². The third-order valence-corrected chi connectivity index (χ3v) is 2.65. The van der Waals surface area contributed by atoms with Gasteiger partial charge in [-0.15, -0.1) is 0 Å². The van der Waals surface area contributed by atoms with Crippen LogP contribution in [0.4, 0.5) is 5.69 Å². The molecule has 7 heteroatoms. The van der Waals surface area contributed by atoms with Crippen LogP contribution in [-0.2, 0) is 0 Å². The smallest absolute Gasteiger partial charge is 0.295 e. The number of nitrogens with two attached hydrogens (primary N) is 1. The van der Waals surface area contributed by atoms with Crippen LogP contribution in [0.5, 0.6) is 5.75 Å². The molecule has 3 N–H and O–H groups in total. The van der Waals surface area contributed by atoms with Crippen LogP contribution < -0.4 is 10.5 Å². The first-order chi connectivity index (χ1) is 9.00. The molecule has 1 heterocycles. The van der Waals surface area contributed by atoms with Crippen molar-refractivity contribution in [1.82, 2.24) is 4.98 Å². The van der Waals surface area contributed by atoms with Crippen LogP contribution >= 0.6 is 0 Å². The van der Waals surface area contributed by atoms with Gasteiger partial charge >= 0.3 is 0 Å². The number of nitro benzene ring substituents is 1. The lowest BCUT2D eigenvalue weighted by Crippen LogP contribution is -2.30. The fourth-order valence-corrected chi connectivity index (χ4v) is 1.64. The number of amidine groups is 1. The van der Waals surface area contributed by atoms with Crippen LogP contribution in [0.3, 0.4) is 0 Å². The quantitative estimate of drug-likeness (QED) is 0.376. The summed E-state index contributed by atoms with van der Waals surface area (Å²) in [6.45, 7) is 1.63. The molecule has 0 radical (unpaired) electrons. The van der Waals surface area contributed by atoms with Gasteiger partial charge in [-0.25, -0.2) is 4.98 Å². The van der Waals surface area contributed by atoms with Gasteiger partial charge in [0.2, 0.25) is 0 Å². The first-order valence-electron chi connectivity index (χ1n) is 5.53. The molecule has 0 aliphatic heterocycles. The summed E-state index contributed by atoms with van der Waals surface area (Å²) in [6, 6.07) is 6.16. The van der Waals surface area contributed by atoms with Crippen LogP contribution in [0, 0.1) is 15.5 Å². The minimum atomic E-state index is -0.607. The minimum absolute atomic E-state index is 0.0848. The summed E-state index contributed by atoms with van der Waals surface area (Å²) in [7, 11) is 0. The molecule has 0 saturated carbocycles. The number of aromatic nitrogens is 1. The molecule has 0 amide bonds. The molecule has 0 spiro atoms. The molecule has 98 valence electrons. The number of nitrogens with zero attached hydrogens (tertiary/aromatic N) is 2. The van der Waals surface area contributed by atoms with Crippen molar-refractivity contribution < 1.29 is 9.66 Å². The normalized spacial score (nSPS) is 12.1. The Balaban J connectivity index is 2.55. The fraction of sp³-hybridized carbons (Fsp3) is 0.167. The lowest BCUT2D eigenvalue weighted by atomic mass is 10.1. The number of fused-ring (bicyclic) bond motifs is 1. The van der Waals surface area contributed by atoms with Crippen molar-refractivity contribution in [2.24, 2.45) is 5.73 Å². The van der Waals surface area contributed by atoms with Crippen molar-refractivity contribution in [1.29, 1.82) is 5.41 Å². The molecule has 19 heavy (non-hydrogen) atoms. The van der Waals surface area contributed by atoms with E-state index in [0.29, 0.717) is 11.1 Å². The van der Waals surface area contributed by atoms with Gasteiger partial charge in [-0.2, -0.15) is 0 Å². The molecule has 7 nitrogen and oxygen atoms in total. The maximum atomic E-state index is 10.9. The molecule has 2 aromatic rings. The van der Waals surface area contributed by atoms with Gasteiger partial charge in [0.15, 0.2) is 11.6 Å². The van der Waals surface area contributed by atoms with Crippen molar-refractivity contribution in [3.8, 4) is 5.75 Å². The summed E-state index contributed by atoms with van der Waals surface area (Å²) in [5.74, 6) is 0.298. The highest BCUT2D eigenvalue weighted by Gasteiger charge is 2.17. The van der Waals surface area contributed by atoms with E-state index < -0.39 is 11.0 Å². The molecule has 2 rings (SSSR count). The van der Waals surface area contributed by atoms with E-state index in [4.69, 9.17) is 15.9 Å². The molecule has 0 aliphatic rings. The van der Waals surface area contributed by atoms with E-state index in [-0.39, 0.29) is 17.0 Å². The lowest BCUT2D eigenvalue weighted by Gasteiger charge is -2.14. The lowest BCUT2D eigenvalue weighted by molar-refractivity contribution is -0.383. The van der Waals surface area contributed by atoms with Gasteiger partial charge in [-0.1, -0.05) is 0 Å². The highest BCUT2D eigenvalue weighted by molar-refractivity contribution is 5.92. The first kappa shape index (κ1) is 12.7. The van der Waals surface area contributed by atoms with E-state index in [1.54, 1.807) is 19.1 Å². The fourth-order valence-electron chi connectivity index (χ4n) is 1.64. The van der Waals surface area contributed by atoms with Gasteiger partial charge in [0.05, 0.1) is 4.92 Å². The summed E-state index contributed by atoms with van der Waals surface area (Å²) in [5, 5.41) is 18.7. The Morgan fingerprint density at radius 2 is 2.26 bits per heavy atom. The zero-order valence-electron chi connectivity index (χ0n) is 10.2. The van der Waals surface area contributed by atoms with Crippen molar-refractivity contribution in [2.75, 3.05) is 0 Å². The predicted octanol–water partition coefficient (Wildman–Crippen LogP) is 1.85. The maximum Gasteiger partial charge on any atom is 0.295 e. The number of nitro groups is 1. The Morgan fingerprint density at radius 1 is 1.53 bits per heavy atom. The molecule has 0 fully saturated rings. The van der Waals surface area contributed by atoms with Gasteiger partial charge in [0.1, 0.15) is 11.6 Å². The second-order valence-corrected chi connectivity index (χ2v) is 3.95. The second kappa shape index (κ2) is 4.89. The minimum Gasteiger partial charge on any atom is -0.482 e. The Bertz CT molecular complexity index is 656. The van der Waals surface area contributed by atoms with Gasteiger partial charge < -0.3 is 10.5 Å². The van der Waals surface area contributed by atoms with E-state index in [0.717, 1.165) is 0 Å². The molecular formula is C12H12N4O3. The molecule has 1 unspecified atom stereocenters. The van der Waals surface area contributed by atoms with Crippen molar-refractivity contribution >= 4 is 22.4 Å². The number of hydrogen-bond donors (Lipinski definition) is 2. The Kier molecular flexibility index (Phi) is 3.28. The Hall–Kier alpha value is -2.70. The molecule has 0 bridgehead atoms. The highest BCUT2D eigenvalue weighted by atomic mass is 16.6. The number of pyridine rings is 1.